The van der Waals surface area contributed by atoms with Crippen LogP contribution in [0.2, 0.25) is 0 Å². The van der Waals surface area contributed by atoms with Crippen molar-refractivity contribution in [3.8, 4) is 30.2 Å². The first-order valence-electron chi connectivity index (χ1n) is 15.8. The van der Waals surface area contributed by atoms with Crippen molar-refractivity contribution in [3.05, 3.63) is 76.0 Å². The van der Waals surface area contributed by atoms with E-state index < -0.39 is 0 Å². The molecule has 0 unspecified atom stereocenters. The molecule has 3 aliphatic rings. The van der Waals surface area contributed by atoms with Gasteiger partial charge in [0.25, 0.3) is 11.8 Å². The number of nitrogens with one attached hydrogen (secondary N) is 2. The van der Waals surface area contributed by atoms with Crippen LogP contribution in [-0.4, -0.2) is 58.0 Å². The Morgan fingerprint density at radius 2 is 1.80 bits per heavy atom. The Hall–Kier alpha value is -4.40. The van der Waals surface area contributed by atoms with E-state index in [0.29, 0.717) is 30.1 Å². The van der Waals surface area contributed by atoms with Gasteiger partial charge >= 0.3 is 0 Å². The Bertz CT molecular complexity index is 1550. The molecule has 0 atom stereocenters. The Morgan fingerprint density at radius 1 is 1.13 bits per heavy atom. The molecule has 3 aromatic rings. The van der Waals surface area contributed by atoms with Gasteiger partial charge in [-0.25, -0.2) is 0 Å². The predicted molar refractivity (Wildman–Crippen MR) is 178 cm³/mol. The van der Waals surface area contributed by atoms with Gasteiger partial charge in [0.05, 0.1) is 11.8 Å². The third-order valence-electron chi connectivity index (χ3n) is 9.27. The lowest BCUT2D eigenvalue weighted by molar-refractivity contribution is 0.0766. The number of benzene rings is 2. The van der Waals surface area contributed by atoms with Crippen molar-refractivity contribution in [1.82, 2.24) is 25.3 Å². The van der Waals surface area contributed by atoms with Crippen LogP contribution in [0.25, 0.3) is 11.3 Å². The second-order valence-corrected chi connectivity index (χ2v) is 13.3. The van der Waals surface area contributed by atoms with Crippen LogP contribution in [-0.2, 0) is 25.9 Å². The van der Waals surface area contributed by atoms with E-state index in [9.17, 15) is 9.59 Å². The number of nitriles is 1. The van der Waals surface area contributed by atoms with Crippen molar-refractivity contribution in [1.29, 1.82) is 5.26 Å². The number of carbonyl (C=O) groups excluding carboxylic acids is 2. The summed E-state index contributed by atoms with van der Waals surface area (Å²) < 4.78 is 0. The lowest BCUT2D eigenvalue weighted by Crippen LogP contribution is -2.41. The maximum Gasteiger partial charge on any atom is 0.254 e. The van der Waals surface area contributed by atoms with Crippen LogP contribution in [0.5, 0.6) is 0 Å². The van der Waals surface area contributed by atoms with E-state index in [1.165, 1.54) is 18.2 Å². The van der Waals surface area contributed by atoms with Crippen LogP contribution in [0.15, 0.2) is 42.5 Å². The molecule has 2 aromatic carbocycles. The van der Waals surface area contributed by atoms with E-state index in [1.54, 1.807) is 6.07 Å². The second kappa shape index (κ2) is 14.6. The Balaban J connectivity index is 0.000000871. The number of hydrogen-bond acceptors (Lipinski definition) is 5. The fourth-order valence-corrected chi connectivity index (χ4v) is 6.73. The van der Waals surface area contributed by atoms with Gasteiger partial charge in [-0.1, -0.05) is 32.0 Å². The van der Waals surface area contributed by atoms with E-state index in [1.807, 2.05) is 41.3 Å². The van der Waals surface area contributed by atoms with Gasteiger partial charge in [-0.2, -0.15) is 10.4 Å². The number of nitrogens with zero attached hydrogens (tertiary/aromatic N) is 4. The average Bonchev–Trinajstić information content (AvgIpc) is 3.58. The second-order valence-electron chi connectivity index (χ2n) is 13.3. The van der Waals surface area contributed by atoms with E-state index in [0.717, 1.165) is 72.9 Å². The minimum absolute atomic E-state index is 0.0128. The standard InChI is InChI=1S/C33H41N5O2.C2H3N.C2H2/c1-33(2)16-15-28-29(18-33)35-36-30(28)23-9-14-27-24(17-23)20-38(32(27)40)19-21-5-7-22(8-6-21)31(39)34-25-10-12-26(13-11-25)37(3)4;1-2-3;1-2/h5-9,14,17,25-26H,10-13,15-16,18-20H2,1-4H3,(H,34,39)(H,35,36);1H3;1-2H. The number of terminal acetylenes is 1. The van der Waals surface area contributed by atoms with Crippen LogP contribution in [0.3, 0.4) is 0 Å². The molecule has 2 aliphatic carbocycles. The van der Waals surface area contributed by atoms with Gasteiger partial charge in [0.15, 0.2) is 0 Å². The number of H-pyrrole nitrogens is 1. The Kier molecular flexibility index (Phi) is 10.9. The molecule has 0 saturated heterocycles. The van der Waals surface area contributed by atoms with Crippen molar-refractivity contribution in [3.63, 3.8) is 0 Å². The molecule has 0 bridgehead atoms. The molecular formula is C37H46N6O2. The van der Waals surface area contributed by atoms with Gasteiger partial charge in [-0.3, -0.25) is 14.7 Å². The molecule has 6 rings (SSSR count). The topological polar surface area (TPSA) is 105 Å². The summed E-state index contributed by atoms with van der Waals surface area (Å²) in [4.78, 5) is 30.2. The monoisotopic (exact) mass is 606 g/mol. The molecule has 2 amide bonds. The first-order valence-corrected chi connectivity index (χ1v) is 15.8. The number of rotatable bonds is 6. The largest absolute Gasteiger partial charge is 0.349 e. The lowest BCUT2D eigenvalue weighted by Gasteiger charge is -2.33. The highest BCUT2D eigenvalue weighted by molar-refractivity contribution is 5.99. The summed E-state index contributed by atoms with van der Waals surface area (Å²) in [6, 6.07) is 16.4. The highest BCUT2D eigenvalue weighted by atomic mass is 16.2. The first kappa shape index (κ1) is 33.5. The predicted octanol–water partition coefficient (Wildman–Crippen LogP) is 6.13. The molecule has 8 heteroatoms. The molecule has 1 aromatic heterocycles. The maximum absolute atomic E-state index is 13.2. The first-order chi connectivity index (χ1) is 21.6. The lowest BCUT2D eigenvalue weighted by atomic mass is 9.76. The van der Waals surface area contributed by atoms with Gasteiger partial charge in [0.1, 0.15) is 0 Å². The number of carbonyl (C=O) groups is 2. The molecule has 236 valence electrons. The van der Waals surface area contributed by atoms with Crippen LogP contribution < -0.4 is 5.32 Å². The van der Waals surface area contributed by atoms with E-state index >= 15 is 0 Å². The highest BCUT2D eigenvalue weighted by Gasteiger charge is 2.31. The maximum atomic E-state index is 13.2. The quantitative estimate of drug-likeness (QED) is 0.329. The third kappa shape index (κ3) is 7.82. The van der Waals surface area contributed by atoms with Crippen molar-refractivity contribution in [2.24, 2.45) is 5.41 Å². The van der Waals surface area contributed by atoms with E-state index in [4.69, 9.17) is 5.26 Å². The van der Waals surface area contributed by atoms with Gasteiger partial charge < -0.3 is 15.1 Å². The van der Waals surface area contributed by atoms with Crippen LogP contribution in [0.1, 0.15) is 96.0 Å². The molecule has 8 nitrogen and oxygen atoms in total. The van der Waals surface area contributed by atoms with E-state index in [2.05, 4.69) is 67.3 Å². The van der Waals surface area contributed by atoms with Gasteiger partial charge in [0, 0.05) is 60.0 Å². The summed E-state index contributed by atoms with van der Waals surface area (Å²) in [6.07, 6.45) is 15.5. The van der Waals surface area contributed by atoms with Crippen molar-refractivity contribution in [2.45, 2.75) is 90.9 Å². The summed E-state index contributed by atoms with van der Waals surface area (Å²) in [5.41, 5.74) is 8.50. The number of amides is 2. The van der Waals surface area contributed by atoms with Gasteiger partial charge in [-0.05, 0) is 99.8 Å². The van der Waals surface area contributed by atoms with Crippen LogP contribution >= 0.6 is 0 Å². The molecule has 0 radical (unpaired) electrons. The Morgan fingerprint density at radius 3 is 2.44 bits per heavy atom. The molecular weight excluding hydrogens is 560 g/mol. The number of aromatic amines is 1. The molecule has 2 N–H and O–H groups in total. The van der Waals surface area contributed by atoms with Crippen molar-refractivity contribution in [2.75, 3.05) is 14.1 Å². The fourth-order valence-electron chi connectivity index (χ4n) is 6.73. The van der Waals surface area contributed by atoms with Crippen molar-refractivity contribution < 1.29 is 9.59 Å². The summed E-state index contributed by atoms with van der Waals surface area (Å²) in [6.45, 7) is 7.16. The summed E-state index contributed by atoms with van der Waals surface area (Å²) >= 11 is 0. The molecule has 1 fully saturated rings. The molecule has 1 saturated carbocycles. The summed E-state index contributed by atoms with van der Waals surface area (Å²) in [5.74, 6) is 0.0451. The average molecular weight is 607 g/mol. The van der Waals surface area contributed by atoms with Crippen LogP contribution in [0.4, 0.5) is 0 Å². The smallest absolute Gasteiger partial charge is 0.254 e. The summed E-state index contributed by atoms with van der Waals surface area (Å²) in [7, 11) is 4.26. The molecule has 0 spiro atoms. The number of fused-ring (bicyclic) bond motifs is 2. The SMILES string of the molecule is C#C.CC#N.CN(C)C1CCC(NC(=O)c2ccc(CN3Cc4cc(-c5n[nH]c6c5CCC(C)(C)C6)ccc4C3=O)cc2)CC1. The zero-order valence-electron chi connectivity index (χ0n) is 27.3. The zero-order chi connectivity index (χ0) is 32.7. The molecule has 1 aliphatic heterocycles. The van der Waals surface area contributed by atoms with Crippen molar-refractivity contribution >= 4 is 11.8 Å². The minimum Gasteiger partial charge on any atom is -0.349 e. The third-order valence-corrected chi connectivity index (χ3v) is 9.27. The van der Waals surface area contributed by atoms with E-state index in [-0.39, 0.29) is 17.9 Å². The molecule has 2 heterocycles. The summed E-state index contributed by atoms with van der Waals surface area (Å²) in [5, 5.41) is 18.5. The highest BCUT2D eigenvalue weighted by Crippen LogP contribution is 2.38. The number of aromatic nitrogens is 2. The Labute approximate surface area is 268 Å². The van der Waals surface area contributed by atoms with Crippen LogP contribution in [0, 0.1) is 29.6 Å². The van der Waals surface area contributed by atoms with Gasteiger partial charge in [0.2, 0.25) is 0 Å². The fraction of sp³-hybridized carbons (Fsp3) is 0.459. The normalized spacial score (nSPS) is 19.6. The molecule has 45 heavy (non-hydrogen) atoms. The number of hydrogen-bond donors (Lipinski definition) is 2. The van der Waals surface area contributed by atoms with Gasteiger partial charge in [-0.15, -0.1) is 12.8 Å². The minimum atomic E-state index is -0.0128. The zero-order valence-corrected chi connectivity index (χ0v) is 27.3.